The fourth-order valence-corrected chi connectivity index (χ4v) is 2.49. The molecule has 0 bridgehead atoms. The molecule has 2 aromatic carbocycles. The molecule has 0 saturated carbocycles. The maximum absolute atomic E-state index is 6.16. The third-order valence-corrected chi connectivity index (χ3v) is 3.83. The molecular formula is C19H20ClN5O. The van der Waals surface area contributed by atoms with Crippen LogP contribution in [0.25, 0.3) is 0 Å². The molecular weight excluding hydrogens is 350 g/mol. The summed E-state index contributed by atoms with van der Waals surface area (Å²) in [4.78, 5) is 4.41. The summed E-state index contributed by atoms with van der Waals surface area (Å²) in [5.74, 6) is 1.84. The quantitative estimate of drug-likeness (QED) is 0.630. The Hall–Kier alpha value is -2.86. The molecule has 0 atom stereocenters. The van der Waals surface area contributed by atoms with Crippen molar-refractivity contribution in [3.8, 4) is 5.75 Å². The topological polar surface area (TPSA) is 72.0 Å². The summed E-state index contributed by atoms with van der Waals surface area (Å²) in [6.07, 6.45) is 1.71. The van der Waals surface area contributed by atoms with Gasteiger partial charge in [0.25, 0.3) is 0 Å². The SMILES string of the molecule is CC(C)Oc1ccc(Nc2nncc(NCc3ccccc3Cl)n2)cc1. The minimum atomic E-state index is 0.141. The summed E-state index contributed by atoms with van der Waals surface area (Å²) in [6, 6.07) is 15.3. The zero-order valence-corrected chi connectivity index (χ0v) is 15.4. The molecule has 6 nitrogen and oxygen atoms in total. The molecule has 26 heavy (non-hydrogen) atoms. The molecule has 0 spiro atoms. The van der Waals surface area contributed by atoms with E-state index < -0.39 is 0 Å². The Balaban J connectivity index is 1.63. The molecule has 0 fully saturated rings. The molecule has 0 aliphatic carbocycles. The van der Waals surface area contributed by atoms with Gasteiger partial charge in [-0.1, -0.05) is 29.8 Å². The van der Waals surface area contributed by atoms with Gasteiger partial charge in [-0.25, -0.2) is 0 Å². The van der Waals surface area contributed by atoms with Crippen molar-refractivity contribution in [2.75, 3.05) is 10.6 Å². The van der Waals surface area contributed by atoms with Gasteiger partial charge in [0.2, 0.25) is 5.95 Å². The summed E-state index contributed by atoms with van der Waals surface area (Å²) >= 11 is 6.16. The van der Waals surface area contributed by atoms with Crippen molar-refractivity contribution in [3.05, 3.63) is 65.3 Å². The number of hydrogen-bond acceptors (Lipinski definition) is 6. The predicted molar refractivity (Wildman–Crippen MR) is 104 cm³/mol. The third kappa shape index (κ3) is 5.07. The Morgan fingerprint density at radius 3 is 2.58 bits per heavy atom. The molecule has 0 saturated heterocycles. The molecule has 2 N–H and O–H groups in total. The molecule has 1 heterocycles. The summed E-state index contributed by atoms with van der Waals surface area (Å²) in [5.41, 5.74) is 1.84. The Labute approximate surface area is 157 Å². The molecule has 0 aliphatic heterocycles. The first kappa shape index (κ1) is 17.9. The number of anilines is 3. The second-order valence-corrected chi connectivity index (χ2v) is 6.33. The molecule has 0 aliphatic rings. The van der Waals surface area contributed by atoms with Crippen molar-refractivity contribution in [1.82, 2.24) is 15.2 Å². The monoisotopic (exact) mass is 369 g/mol. The largest absolute Gasteiger partial charge is 0.491 e. The van der Waals surface area contributed by atoms with Crippen LogP contribution < -0.4 is 15.4 Å². The summed E-state index contributed by atoms with van der Waals surface area (Å²) in [7, 11) is 0. The van der Waals surface area contributed by atoms with E-state index in [1.54, 1.807) is 6.20 Å². The second kappa shape index (κ2) is 8.49. The van der Waals surface area contributed by atoms with Crippen LogP contribution in [0.15, 0.2) is 54.7 Å². The van der Waals surface area contributed by atoms with E-state index in [9.17, 15) is 0 Å². The van der Waals surface area contributed by atoms with E-state index in [0.29, 0.717) is 23.3 Å². The second-order valence-electron chi connectivity index (χ2n) is 5.93. The van der Waals surface area contributed by atoms with E-state index in [1.165, 1.54) is 0 Å². The van der Waals surface area contributed by atoms with E-state index in [2.05, 4.69) is 25.8 Å². The maximum Gasteiger partial charge on any atom is 0.249 e. The normalized spacial score (nSPS) is 10.6. The van der Waals surface area contributed by atoms with Crippen LogP contribution in [0.1, 0.15) is 19.4 Å². The summed E-state index contributed by atoms with van der Waals surface area (Å²) in [6.45, 7) is 4.54. The number of aromatic nitrogens is 3. The zero-order chi connectivity index (χ0) is 18.4. The van der Waals surface area contributed by atoms with Crippen LogP contribution in [-0.4, -0.2) is 21.3 Å². The molecule has 0 radical (unpaired) electrons. The van der Waals surface area contributed by atoms with Crippen molar-refractivity contribution in [2.45, 2.75) is 26.5 Å². The maximum atomic E-state index is 6.16. The fourth-order valence-electron chi connectivity index (χ4n) is 2.29. The van der Waals surface area contributed by atoms with Crippen molar-refractivity contribution in [2.24, 2.45) is 0 Å². The number of halogens is 1. The highest BCUT2D eigenvalue weighted by Crippen LogP contribution is 2.20. The Morgan fingerprint density at radius 2 is 1.85 bits per heavy atom. The van der Waals surface area contributed by atoms with Crippen LogP contribution in [0.3, 0.4) is 0 Å². The first-order valence-electron chi connectivity index (χ1n) is 8.31. The van der Waals surface area contributed by atoms with Crippen molar-refractivity contribution in [3.63, 3.8) is 0 Å². The lowest BCUT2D eigenvalue weighted by molar-refractivity contribution is 0.242. The van der Waals surface area contributed by atoms with Crippen LogP contribution in [-0.2, 0) is 6.54 Å². The first-order chi connectivity index (χ1) is 12.6. The van der Waals surface area contributed by atoms with E-state index in [-0.39, 0.29) is 6.10 Å². The number of nitrogens with zero attached hydrogens (tertiary/aromatic N) is 3. The highest BCUT2D eigenvalue weighted by molar-refractivity contribution is 6.31. The number of ether oxygens (including phenoxy) is 1. The van der Waals surface area contributed by atoms with Crippen LogP contribution in [0.4, 0.5) is 17.5 Å². The summed E-state index contributed by atoms with van der Waals surface area (Å²) in [5, 5.41) is 15.0. The van der Waals surface area contributed by atoms with Crippen molar-refractivity contribution < 1.29 is 4.74 Å². The van der Waals surface area contributed by atoms with E-state index >= 15 is 0 Å². The van der Waals surface area contributed by atoms with Gasteiger partial charge in [0.15, 0.2) is 5.82 Å². The fraction of sp³-hybridized carbons (Fsp3) is 0.211. The van der Waals surface area contributed by atoms with Crippen molar-refractivity contribution in [1.29, 1.82) is 0 Å². The molecule has 7 heteroatoms. The van der Waals surface area contributed by atoms with Crippen LogP contribution in [0.5, 0.6) is 5.75 Å². The van der Waals surface area contributed by atoms with Gasteiger partial charge in [0, 0.05) is 17.3 Å². The van der Waals surface area contributed by atoms with Gasteiger partial charge in [-0.05, 0) is 49.7 Å². The van der Waals surface area contributed by atoms with Crippen LogP contribution in [0.2, 0.25) is 5.02 Å². The van der Waals surface area contributed by atoms with Crippen LogP contribution in [0, 0.1) is 0 Å². The smallest absolute Gasteiger partial charge is 0.249 e. The summed E-state index contributed by atoms with van der Waals surface area (Å²) < 4.78 is 5.63. The molecule has 3 rings (SSSR count). The van der Waals surface area contributed by atoms with Gasteiger partial charge in [0.05, 0.1) is 12.3 Å². The lowest BCUT2D eigenvalue weighted by Crippen LogP contribution is -2.06. The van der Waals surface area contributed by atoms with E-state index in [0.717, 1.165) is 17.0 Å². The number of benzene rings is 2. The highest BCUT2D eigenvalue weighted by atomic mass is 35.5. The minimum Gasteiger partial charge on any atom is -0.491 e. The van der Waals surface area contributed by atoms with Gasteiger partial charge in [0.1, 0.15) is 5.75 Å². The minimum absolute atomic E-state index is 0.141. The highest BCUT2D eigenvalue weighted by Gasteiger charge is 2.04. The predicted octanol–water partition coefficient (Wildman–Crippen LogP) is 4.67. The van der Waals surface area contributed by atoms with Crippen LogP contribution >= 0.6 is 11.6 Å². The first-order valence-corrected chi connectivity index (χ1v) is 8.68. The van der Waals surface area contributed by atoms with Gasteiger partial charge >= 0.3 is 0 Å². The van der Waals surface area contributed by atoms with Gasteiger partial charge in [-0.2, -0.15) is 10.1 Å². The van der Waals surface area contributed by atoms with E-state index in [1.807, 2.05) is 62.4 Å². The number of rotatable bonds is 7. The third-order valence-electron chi connectivity index (χ3n) is 3.46. The molecule has 3 aromatic rings. The molecule has 1 aromatic heterocycles. The lowest BCUT2D eigenvalue weighted by Gasteiger charge is -2.11. The Kier molecular flexibility index (Phi) is 5.86. The molecule has 0 unspecified atom stereocenters. The molecule has 134 valence electrons. The van der Waals surface area contributed by atoms with Crippen molar-refractivity contribution >= 4 is 29.1 Å². The van der Waals surface area contributed by atoms with Gasteiger partial charge < -0.3 is 15.4 Å². The average Bonchev–Trinajstić information content (AvgIpc) is 2.63. The average molecular weight is 370 g/mol. The molecule has 0 amide bonds. The number of nitrogens with one attached hydrogen (secondary N) is 2. The zero-order valence-electron chi connectivity index (χ0n) is 14.6. The lowest BCUT2D eigenvalue weighted by atomic mass is 10.2. The van der Waals surface area contributed by atoms with Gasteiger partial charge in [-0.3, -0.25) is 0 Å². The number of hydrogen-bond donors (Lipinski definition) is 2. The Bertz CT molecular complexity index is 855. The standard InChI is InChI=1S/C19H20ClN5O/c1-13(2)26-16-9-7-15(8-10-16)23-19-24-18(12-22-25-19)21-11-14-5-3-4-6-17(14)20/h3-10,12-13H,11H2,1-2H3,(H2,21,23,24,25). The van der Waals surface area contributed by atoms with E-state index in [4.69, 9.17) is 16.3 Å². The van der Waals surface area contributed by atoms with Gasteiger partial charge in [-0.15, -0.1) is 5.10 Å². The Morgan fingerprint density at radius 1 is 1.08 bits per heavy atom.